The molecule has 0 saturated carbocycles. The quantitative estimate of drug-likeness (QED) is 0.473. The van der Waals surface area contributed by atoms with Crippen LogP contribution in [0.2, 0.25) is 0 Å². The highest BCUT2D eigenvalue weighted by Gasteiger charge is 2.34. The molecule has 4 rings (SSSR count). The van der Waals surface area contributed by atoms with Gasteiger partial charge in [0.1, 0.15) is 11.3 Å². The van der Waals surface area contributed by atoms with Crippen molar-refractivity contribution in [3.05, 3.63) is 65.0 Å². The Balaban J connectivity index is 1.56. The molecule has 3 aromatic rings. The molecule has 1 fully saturated rings. The Hall–Kier alpha value is -3.94. The number of rotatable bonds is 5. The van der Waals surface area contributed by atoms with Gasteiger partial charge in [0.15, 0.2) is 6.10 Å². The third-order valence-electron chi connectivity index (χ3n) is 4.63. The van der Waals surface area contributed by atoms with Crippen LogP contribution in [0.3, 0.4) is 0 Å². The predicted molar refractivity (Wildman–Crippen MR) is 105 cm³/mol. The smallest absolute Gasteiger partial charge is 0.372 e. The largest absolute Gasteiger partial charge is 0.479 e. The van der Waals surface area contributed by atoms with Crippen LogP contribution in [0.4, 0.5) is 0 Å². The van der Waals surface area contributed by atoms with E-state index in [0.29, 0.717) is 21.6 Å². The van der Waals surface area contributed by atoms with E-state index in [-0.39, 0.29) is 18.6 Å². The predicted octanol–water partition coefficient (Wildman–Crippen LogP) is 2.83. The molecule has 1 aromatic heterocycles. The fraction of sp³-hybridized carbons (Fsp3) is 0.182. The Morgan fingerprint density at radius 3 is 2.40 bits per heavy atom. The minimum Gasteiger partial charge on any atom is -0.479 e. The van der Waals surface area contributed by atoms with E-state index in [1.54, 1.807) is 12.1 Å². The second-order valence-electron chi connectivity index (χ2n) is 6.76. The first kappa shape index (κ1) is 19.4. The molecule has 0 radical (unpaired) electrons. The van der Waals surface area contributed by atoms with E-state index in [2.05, 4.69) is 0 Å². The maximum atomic E-state index is 12.2. The number of hydrogen-bond donors (Lipinski definition) is 0. The lowest BCUT2D eigenvalue weighted by Gasteiger charge is -2.17. The molecule has 0 bridgehead atoms. The lowest BCUT2D eigenvalue weighted by Crippen LogP contribution is -2.37. The lowest BCUT2D eigenvalue weighted by molar-refractivity contribution is -0.201. The number of hydroxylamine groups is 2. The summed E-state index contributed by atoms with van der Waals surface area (Å²) >= 11 is 0. The summed E-state index contributed by atoms with van der Waals surface area (Å²) in [6.45, 7) is 1.42. The van der Waals surface area contributed by atoms with Gasteiger partial charge in [-0.05, 0) is 30.2 Å². The number of amides is 2. The summed E-state index contributed by atoms with van der Waals surface area (Å²) in [5.41, 5.74) is 1.36. The van der Waals surface area contributed by atoms with Crippen molar-refractivity contribution in [3.8, 4) is 16.9 Å². The van der Waals surface area contributed by atoms with Crippen LogP contribution in [-0.4, -0.2) is 29.0 Å². The van der Waals surface area contributed by atoms with Crippen molar-refractivity contribution >= 4 is 28.8 Å². The molecule has 8 heteroatoms. The standard InChI is InChI=1S/C22H17NO7/c1-13(22(27)30-23-19(24)9-10-20(23)25)28-15-7-8-16-17(14-5-3-2-4-6-14)12-21(26)29-18(16)11-15/h2-8,11-13H,9-10H2,1H3/t13-/m0/s1. The summed E-state index contributed by atoms with van der Waals surface area (Å²) < 4.78 is 10.9. The van der Waals surface area contributed by atoms with E-state index >= 15 is 0 Å². The van der Waals surface area contributed by atoms with Crippen LogP contribution in [0.1, 0.15) is 19.8 Å². The van der Waals surface area contributed by atoms with Crippen molar-refractivity contribution in [1.29, 1.82) is 0 Å². The Morgan fingerprint density at radius 2 is 1.70 bits per heavy atom. The van der Waals surface area contributed by atoms with Crippen molar-refractivity contribution in [1.82, 2.24) is 5.06 Å². The Morgan fingerprint density at radius 1 is 1.00 bits per heavy atom. The van der Waals surface area contributed by atoms with Gasteiger partial charge in [-0.25, -0.2) is 9.59 Å². The third kappa shape index (κ3) is 3.80. The molecule has 30 heavy (non-hydrogen) atoms. The van der Waals surface area contributed by atoms with Crippen LogP contribution < -0.4 is 10.4 Å². The molecule has 0 aliphatic carbocycles. The van der Waals surface area contributed by atoms with Crippen molar-refractivity contribution < 1.29 is 28.4 Å². The number of ether oxygens (including phenoxy) is 1. The minimum absolute atomic E-state index is 0.00874. The van der Waals surface area contributed by atoms with Gasteiger partial charge in [0.25, 0.3) is 11.8 Å². The Kier molecular flexibility index (Phi) is 5.05. The van der Waals surface area contributed by atoms with Gasteiger partial charge < -0.3 is 14.0 Å². The molecule has 2 heterocycles. The molecule has 2 aromatic carbocycles. The van der Waals surface area contributed by atoms with Crippen molar-refractivity contribution in [3.63, 3.8) is 0 Å². The molecule has 1 aliphatic heterocycles. The van der Waals surface area contributed by atoms with E-state index in [1.165, 1.54) is 19.1 Å². The molecule has 152 valence electrons. The first-order chi connectivity index (χ1) is 14.4. The van der Waals surface area contributed by atoms with Crippen LogP contribution in [0, 0.1) is 0 Å². The Labute approximate surface area is 170 Å². The third-order valence-corrected chi connectivity index (χ3v) is 4.63. The van der Waals surface area contributed by atoms with E-state index in [9.17, 15) is 19.2 Å². The molecular weight excluding hydrogens is 390 g/mol. The van der Waals surface area contributed by atoms with E-state index in [1.807, 2.05) is 30.3 Å². The van der Waals surface area contributed by atoms with Gasteiger partial charge in [0.05, 0.1) is 0 Å². The van der Waals surface area contributed by atoms with Crippen molar-refractivity contribution in [2.24, 2.45) is 0 Å². The van der Waals surface area contributed by atoms with Crippen LogP contribution in [0.5, 0.6) is 5.75 Å². The van der Waals surface area contributed by atoms with E-state index in [0.717, 1.165) is 5.56 Å². The first-order valence-electron chi connectivity index (χ1n) is 9.30. The van der Waals surface area contributed by atoms with Crippen molar-refractivity contribution in [2.45, 2.75) is 25.9 Å². The molecule has 8 nitrogen and oxygen atoms in total. The van der Waals surface area contributed by atoms with Gasteiger partial charge >= 0.3 is 11.6 Å². The number of nitrogens with zero attached hydrogens (tertiary/aromatic N) is 1. The summed E-state index contributed by atoms with van der Waals surface area (Å²) in [5.74, 6) is -1.76. The number of benzene rings is 2. The van der Waals surface area contributed by atoms with Crippen molar-refractivity contribution in [2.75, 3.05) is 0 Å². The summed E-state index contributed by atoms with van der Waals surface area (Å²) in [6, 6.07) is 15.7. The second-order valence-corrected chi connectivity index (χ2v) is 6.76. The van der Waals surface area contributed by atoms with Gasteiger partial charge in [0, 0.05) is 30.4 Å². The second kappa shape index (κ2) is 7.82. The minimum atomic E-state index is -1.10. The van der Waals surface area contributed by atoms with Crippen LogP contribution >= 0.6 is 0 Å². The lowest BCUT2D eigenvalue weighted by atomic mass is 10.0. The Bertz CT molecular complexity index is 1180. The van der Waals surface area contributed by atoms with Crippen LogP contribution in [0.25, 0.3) is 22.1 Å². The maximum absolute atomic E-state index is 12.2. The molecule has 0 spiro atoms. The highest BCUT2D eigenvalue weighted by molar-refractivity contribution is 6.01. The van der Waals surface area contributed by atoms with Gasteiger partial charge in [-0.3, -0.25) is 9.59 Å². The fourth-order valence-electron chi connectivity index (χ4n) is 3.15. The molecule has 2 amide bonds. The topological polar surface area (TPSA) is 103 Å². The first-order valence-corrected chi connectivity index (χ1v) is 9.30. The van der Waals surface area contributed by atoms with Gasteiger partial charge in [0.2, 0.25) is 0 Å². The monoisotopic (exact) mass is 407 g/mol. The van der Waals surface area contributed by atoms with Crippen LogP contribution in [-0.2, 0) is 19.2 Å². The summed E-state index contributed by atoms with van der Waals surface area (Å²) in [5, 5.41) is 1.17. The highest BCUT2D eigenvalue weighted by Crippen LogP contribution is 2.30. The SMILES string of the molecule is C[C@H](Oc1ccc2c(-c3ccccc3)cc(=O)oc2c1)C(=O)ON1C(=O)CCC1=O. The average molecular weight is 407 g/mol. The summed E-state index contributed by atoms with van der Waals surface area (Å²) in [4.78, 5) is 52.2. The molecule has 1 atom stereocenters. The van der Waals surface area contributed by atoms with E-state index < -0.39 is 29.5 Å². The van der Waals surface area contributed by atoms with E-state index in [4.69, 9.17) is 14.0 Å². The zero-order valence-corrected chi connectivity index (χ0v) is 16.0. The average Bonchev–Trinajstić information content (AvgIpc) is 3.05. The summed E-state index contributed by atoms with van der Waals surface area (Å²) in [7, 11) is 0. The number of hydrogen-bond acceptors (Lipinski definition) is 7. The number of carbonyl (C=O) groups excluding carboxylic acids is 3. The van der Waals surface area contributed by atoms with Crippen LogP contribution in [0.15, 0.2) is 63.8 Å². The number of fused-ring (bicyclic) bond motifs is 1. The van der Waals surface area contributed by atoms with Gasteiger partial charge in [-0.2, -0.15) is 0 Å². The number of imide groups is 1. The molecular formula is C22H17NO7. The highest BCUT2D eigenvalue weighted by atomic mass is 16.7. The maximum Gasteiger partial charge on any atom is 0.372 e. The number of carbonyl (C=O) groups is 3. The molecule has 1 aliphatic rings. The zero-order chi connectivity index (χ0) is 21.3. The molecule has 0 unspecified atom stereocenters. The molecule has 0 N–H and O–H groups in total. The fourth-order valence-corrected chi connectivity index (χ4v) is 3.15. The van der Waals surface area contributed by atoms with Gasteiger partial charge in [-0.15, -0.1) is 5.06 Å². The molecule has 1 saturated heterocycles. The van der Waals surface area contributed by atoms with Gasteiger partial charge in [-0.1, -0.05) is 30.3 Å². The normalized spacial score (nSPS) is 14.8. The zero-order valence-electron chi connectivity index (χ0n) is 16.0. The summed E-state index contributed by atoms with van der Waals surface area (Å²) in [6.07, 6.45) is -1.09.